The van der Waals surface area contributed by atoms with Crippen molar-refractivity contribution in [2.75, 3.05) is 0 Å². The first-order chi connectivity index (χ1) is 10.7. The summed E-state index contributed by atoms with van der Waals surface area (Å²) in [4.78, 5) is 13.3. The van der Waals surface area contributed by atoms with Crippen LogP contribution in [0.4, 0.5) is 0 Å². The molecule has 110 valence electrons. The van der Waals surface area contributed by atoms with Gasteiger partial charge >= 0.3 is 0 Å². The number of nitrogens with zero attached hydrogens (tertiary/aromatic N) is 2. The van der Waals surface area contributed by atoms with Crippen molar-refractivity contribution in [1.82, 2.24) is 9.99 Å². The molecule has 22 heavy (non-hydrogen) atoms. The number of hydrogen-bond acceptors (Lipinski definition) is 3. The summed E-state index contributed by atoms with van der Waals surface area (Å²) < 4.78 is 2.92. The van der Waals surface area contributed by atoms with E-state index < -0.39 is 0 Å². The van der Waals surface area contributed by atoms with Crippen LogP contribution in [-0.2, 0) is 0 Å². The summed E-state index contributed by atoms with van der Waals surface area (Å²) in [6.07, 6.45) is 5.43. The van der Waals surface area contributed by atoms with E-state index in [1.54, 1.807) is 23.6 Å². The van der Waals surface area contributed by atoms with Crippen LogP contribution in [-0.4, -0.2) is 16.7 Å². The molecule has 0 saturated heterocycles. The van der Waals surface area contributed by atoms with Crippen molar-refractivity contribution in [2.45, 2.75) is 0 Å². The number of carbonyl (C=O) groups excluding carboxylic acids is 1. The van der Waals surface area contributed by atoms with E-state index >= 15 is 0 Å². The number of rotatable bonds is 4. The molecule has 1 amide bonds. The van der Waals surface area contributed by atoms with Crippen molar-refractivity contribution < 1.29 is 4.79 Å². The fraction of sp³-hybridized carbons (Fsp3) is 0. The topological polar surface area (TPSA) is 46.4 Å². The Bertz CT molecular complexity index is 808. The quantitative estimate of drug-likeness (QED) is 0.543. The maximum Gasteiger partial charge on any atom is 0.273 e. The van der Waals surface area contributed by atoms with Crippen LogP contribution < -0.4 is 5.43 Å². The zero-order valence-corrected chi connectivity index (χ0v) is 13.8. The lowest BCUT2D eigenvalue weighted by Gasteiger charge is -2.08. The van der Waals surface area contributed by atoms with Gasteiger partial charge in [-0.1, -0.05) is 12.1 Å². The molecule has 2 aromatic heterocycles. The molecule has 4 nitrogen and oxygen atoms in total. The molecule has 0 atom stereocenters. The van der Waals surface area contributed by atoms with Crippen LogP contribution in [0, 0.1) is 0 Å². The predicted molar refractivity (Wildman–Crippen MR) is 92.8 cm³/mol. The van der Waals surface area contributed by atoms with E-state index in [9.17, 15) is 4.79 Å². The van der Waals surface area contributed by atoms with Crippen LogP contribution in [0.5, 0.6) is 0 Å². The standard InChI is InChI=1S/C16H12BrN3OS/c17-15-8-7-12(22-15)11-18-19-16(21)13-5-1-2-6-14(13)20-9-3-4-10-20/h1-11H,(H,19,21)/b18-11-. The molecule has 3 aromatic rings. The Morgan fingerprint density at radius 2 is 1.91 bits per heavy atom. The van der Waals surface area contributed by atoms with E-state index in [1.807, 2.05) is 59.4 Å². The number of aromatic nitrogens is 1. The van der Waals surface area contributed by atoms with Gasteiger partial charge in [0.2, 0.25) is 0 Å². The molecule has 0 aliphatic heterocycles. The Labute approximate surface area is 140 Å². The van der Waals surface area contributed by atoms with Crippen LogP contribution in [0.3, 0.4) is 0 Å². The Hall–Kier alpha value is -2.18. The van der Waals surface area contributed by atoms with Gasteiger partial charge in [-0.2, -0.15) is 5.10 Å². The third-order valence-corrected chi connectivity index (χ3v) is 4.54. The Balaban J connectivity index is 1.77. The number of hydrazone groups is 1. The van der Waals surface area contributed by atoms with Crippen molar-refractivity contribution in [1.29, 1.82) is 0 Å². The molecule has 0 aliphatic rings. The average Bonchev–Trinajstić information content (AvgIpc) is 3.19. The second-order valence-electron chi connectivity index (χ2n) is 4.45. The first kappa shape index (κ1) is 14.7. The highest BCUT2D eigenvalue weighted by Gasteiger charge is 2.10. The Morgan fingerprint density at radius 3 is 2.64 bits per heavy atom. The van der Waals surface area contributed by atoms with E-state index in [0.717, 1.165) is 14.4 Å². The molecule has 0 spiro atoms. The number of nitrogens with one attached hydrogen (secondary N) is 1. The summed E-state index contributed by atoms with van der Waals surface area (Å²) in [5.41, 5.74) is 3.96. The largest absolute Gasteiger partial charge is 0.323 e. The second kappa shape index (κ2) is 6.72. The number of carbonyl (C=O) groups is 1. The lowest BCUT2D eigenvalue weighted by atomic mass is 10.1. The molecule has 0 saturated carbocycles. The molecule has 0 fully saturated rings. The summed E-state index contributed by atoms with van der Waals surface area (Å²) in [7, 11) is 0. The van der Waals surface area contributed by atoms with Gasteiger partial charge in [-0.05, 0) is 52.3 Å². The Morgan fingerprint density at radius 1 is 1.14 bits per heavy atom. The maximum absolute atomic E-state index is 12.3. The van der Waals surface area contributed by atoms with Crippen molar-refractivity contribution in [2.24, 2.45) is 5.10 Å². The first-order valence-electron chi connectivity index (χ1n) is 6.55. The molecule has 0 radical (unpaired) electrons. The summed E-state index contributed by atoms with van der Waals surface area (Å²) >= 11 is 4.94. The van der Waals surface area contributed by atoms with Gasteiger partial charge in [0.05, 0.1) is 21.3 Å². The van der Waals surface area contributed by atoms with Crippen LogP contribution in [0.25, 0.3) is 5.69 Å². The zero-order valence-electron chi connectivity index (χ0n) is 11.4. The minimum atomic E-state index is -0.240. The van der Waals surface area contributed by atoms with Crippen LogP contribution in [0.15, 0.2) is 69.8 Å². The molecule has 1 aromatic carbocycles. The summed E-state index contributed by atoms with van der Waals surface area (Å²) in [5.74, 6) is -0.240. The van der Waals surface area contributed by atoms with E-state index in [1.165, 1.54) is 0 Å². The summed E-state index contributed by atoms with van der Waals surface area (Å²) in [5, 5.41) is 4.01. The van der Waals surface area contributed by atoms with Gasteiger partial charge in [0, 0.05) is 17.3 Å². The summed E-state index contributed by atoms with van der Waals surface area (Å²) in [6, 6.07) is 15.1. The molecule has 0 bridgehead atoms. The van der Waals surface area contributed by atoms with Gasteiger partial charge in [0.1, 0.15) is 0 Å². The van der Waals surface area contributed by atoms with Gasteiger partial charge in [-0.3, -0.25) is 4.79 Å². The van der Waals surface area contributed by atoms with Gasteiger partial charge in [-0.25, -0.2) is 5.43 Å². The number of para-hydroxylation sites is 1. The molecule has 0 unspecified atom stereocenters. The molecule has 1 N–H and O–H groups in total. The van der Waals surface area contributed by atoms with Crippen molar-refractivity contribution >= 4 is 39.4 Å². The van der Waals surface area contributed by atoms with E-state index in [0.29, 0.717) is 5.56 Å². The minimum Gasteiger partial charge on any atom is -0.323 e. The summed E-state index contributed by atoms with van der Waals surface area (Å²) in [6.45, 7) is 0. The van der Waals surface area contributed by atoms with Crippen LogP contribution in [0.1, 0.15) is 15.2 Å². The monoisotopic (exact) mass is 373 g/mol. The number of halogens is 1. The molecule has 2 heterocycles. The fourth-order valence-corrected chi connectivity index (χ4v) is 3.29. The van der Waals surface area contributed by atoms with Crippen molar-refractivity contribution in [3.8, 4) is 5.69 Å². The highest BCUT2D eigenvalue weighted by molar-refractivity contribution is 9.11. The number of amides is 1. The smallest absolute Gasteiger partial charge is 0.273 e. The minimum absolute atomic E-state index is 0.240. The maximum atomic E-state index is 12.3. The molecule has 3 rings (SSSR count). The first-order valence-corrected chi connectivity index (χ1v) is 8.16. The average molecular weight is 374 g/mol. The predicted octanol–water partition coefficient (Wildman–Crippen LogP) is 4.07. The molecule has 6 heteroatoms. The van der Waals surface area contributed by atoms with Crippen LogP contribution >= 0.6 is 27.3 Å². The second-order valence-corrected chi connectivity index (χ2v) is 6.94. The van der Waals surface area contributed by atoms with Gasteiger partial charge in [-0.15, -0.1) is 11.3 Å². The van der Waals surface area contributed by atoms with Crippen molar-refractivity contribution in [3.05, 3.63) is 75.2 Å². The van der Waals surface area contributed by atoms with Crippen LogP contribution in [0.2, 0.25) is 0 Å². The fourth-order valence-electron chi connectivity index (χ4n) is 2.00. The Kier molecular flexibility index (Phi) is 4.50. The highest BCUT2D eigenvalue weighted by atomic mass is 79.9. The number of hydrogen-bond donors (Lipinski definition) is 1. The third kappa shape index (κ3) is 3.35. The lowest BCUT2D eigenvalue weighted by molar-refractivity contribution is 0.0955. The number of benzene rings is 1. The highest BCUT2D eigenvalue weighted by Crippen LogP contribution is 2.20. The SMILES string of the molecule is O=C(N/N=C\c1ccc(Br)s1)c1ccccc1-n1cccc1. The zero-order chi connectivity index (χ0) is 15.4. The number of thiophene rings is 1. The normalized spacial score (nSPS) is 11.0. The van der Waals surface area contributed by atoms with Gasteiger partial charge in [0.25, 0.3) is 5.91 Å². The van der Waals surface area contributed by atoms with E-state index in [4.69, 9.17) is 0 Å². The van der Waals surface area contributed by atoms with Gasteiger partial charge < -0.3 is 4.57 Å². The third-order valence-electron chi connectivity index (χ3n) is 2.98. The van der Waals surface area contributed by atoms with Gasteiger partial charge in [0.15, 0.2) is 0 Å². The van der Waals surface area contributed by atoms with E-state index in [2.05, 4.69) is 26.5 Å². The van der Waals surface area contributed by atoms with E-state index in [-0.39, 0.29) is 5.91 Å². The molecule has 0 aliphatic carbocycles. The lowest BCUT2D eigenvalue weighted by Crippen LogP contribution is -2.19. The van der Waals surface area contributed by atoms with Crippen molar-refractivity contribution in [3.63, 3.8) is 0 Å². The molecular formula is C16H12BrN3OS. The molecular weight excluding hydrogens is 362 g/mol.